The Labute approximate surface area is 169 Å². The summed E-state index contributed by atoms with van der Waals surface area (Å²) < 4.78 is 0. The van der Waals surface area contributed by atoms with Gasteiger partial charge < -0.3 is 9.94 Å². The van der Waals surface area contributed by atoms with E-state index in [1.165, 1.54) is 17.4 Å². The van der Waals surface area contributed by atoms with Gasteiger partial charge in [-0.2, -0.15) is 5.10 Å². The highest BCUT2D eigenvalue weighted by Gasteiger charge is 2.17. The fourth-order valence-electron chi connectivity index (χ4n) is 2.53. The Kier molecular flexibility index (Phi) is 6.15. The van der Waals surface area contributed by atoms with E-state index in [-0.39, 0.29) is 23.6 Å². The number of phenols is 1. The van der Waals surface area contributed by atoms with Gasteiger partial charge in [0.2, 0.25) is 0 Å². The molecule has 0 saturated heterocycles. The molecule has 0 bridgehead atoms. The van der Waals surface area contributed by atoms with E-state index < -0.39 is 10.8 Å². The van der Waals surface area contributed by atoms with Gasteiger partial charge >= 0.3 is 0 Å². The first-order valence-corrected chi connectivity index (χ1v) is 9.26. The van der Waals surface area contributed by atoms with Gasteiger partial charge in [-0.25, -0.2) is 5.43 Å². The van der Waals surface area contributed by atoms with Crippen LogP contribution in [-0.4, -0.2) is 34.5 Å². The molecule has 0 unspecified atom stereocenters. The topological polar surface area (TPSA) is 126 Å². The fourth-order valence-corrected chi connectivity index (χ4v) is 3.20. The van der Waals surface area contributed by atoms with E-state index >= 15 is 0 Å². The van der Waals surface area contributed by atoms with Gasteiger partial charge in [0.1, 0.15) is 5.75 Å². The van der Waals surface area contributed by atoms with E-state index in [0.717, 1.165) is 11.1 Å². The highest BCUT2D eigenvalue weighted by atomic mass is 32.1. The molecule has 1 heterocycles. The Hall–Kier alpha value is -3.79. The number of nitro groups is 1. The second-order valence-electron chi connectivity index (χ2n) is 5.86. The van der Waals surface area contributed by atoms with Crippen molar-refractivity contribution >= 4 is 45.6 Å². The van der Waals surface area contributed by atoms with Crippen LogP contribution in [0.5, 0.6) is 5.75 Å². The minimum atomic E-state index is -0.571. The average molecular weight is 412 g/mol. The summed E-state index contributed by atoms with van der Waals surface area (Å²) in [6.45, 7) is 1.40. The molecule has 2 N–H and O–H groups in total. The summed E-state index contributed by atoms with van der Waals surface area (Å²) in [4.78, 5) is 28.5. The van der Waals surface area contributed by atoms with Crippen molar-refractivity contribution in [3.63, 3.8) is 0 Å². The minimum absolute atomic E-state index is 0.100. The van der Waals surface area contributed by atoms with Crippen LogP contribution in [0.3, 0.4) is 0 Å². The molecule has 2 aromatic carbocycles. The van der Waals surface area contributed by atoms with Crippen molar-refractivity contribution in [2.75, 3.05) is 6.61 Å². The van der Waals surface area contributed by atoms with Crippen molar-refractivity contribution in [2.24, 2.45) is 10.3 Å². The highest BCUT2D eigenvalue weighted by molar-refractivity contribution is 7.12. The normalized spacial score (nSPS) is 11.7. The van der Waals surface area contributed by atoms with E-state index in [1.54, 1.807) is 31.2 Å². The van der Waals surface area contributed by atoms with Crippen LogP contribution in [0.25, 0.3) is 10.8 Å². The van der Waals surface area contributed by atoms with Gasteiger partial charge in [0.25, 0.3) is 11.6 Å². The first-order chi connectivity index (χ1) is 14.0. The van der Waals surface area contributed by atoms with E-state index in [1.807, 2.05) is 17.5 Å². The molecule has 3 aromatic rings. The van der Waals surface area contributed by atoms with Crippen LogP contribution >= 0.6 is 11.3 Å². The van der Waals surface area contributed by atoms with Gasteiger partial charge in [0.15, 0.2) is 6.61 Å². The molecule has 148 valence electrons. The van der Waals surface area contributed by atoms with Crippen molar-refractivity contribution in [2.45, 2.75) is 6.92 Å². The lowest BCUT2D eigenvalue weighted by Crippen LogP contribution is -2.22. The maximum Gasteiger partial charge on any atom is 0.280 e. The number of nitrogens with one attached hydrogen (secondary N) is 1. The quantitative estimate of drug-likeness (QED) is 0.349. The summed E-state index contributed by atoms with van der Waals surface area (Å²) in [5.74, 6) is -0.740. The van der Waals surface area contributed by atoms with Crippen LogP contribution < -0.4 is 5.43 Å². The zero-order valence-corrected chi connectivity index (χ0v) is 16.0. The Morgan fingerprint density at radius 1 is 1.31 bits per heavy atom. The Morgan fingerprint density at radius 3 is 2.76 bits per heavy atom. The lowest BCUT2D eigenvalue weighted by atomic mass is 10.0. The lowest BCUT2D eigenvalue weighted by molar-refractivity contribution is -0.383. The molecule has 0 spiro atoms. The molecule has 1 aromatic heterocycles. The number of nitro benzene ring substituents is 1. The third kappa shape index (κ3) is 4.74. The summed E-state index contributed by atoms with van der Waals surface area (Å²) in [6, 6.07) is 11.4. The summed E-state index contributed by atoms with van der Waals surface area (Å²) in [5.41, 5.74) is 2.79. The van der Waals surface area contributed by atoms with Gasteiger partial charge in [-0.15, -0.1) is 11.3 Å². The molecule has 9 nitrogen and oxygen atoms in total. The molecule has 10 heteroatoms. The molecular formula is C19H16N4O5S. The second kappa shape index (κ2) is 8.93. The molecule has 0 aliphatic rings. The number of amides is 1. The number of rotatable bonds is 7. The number of nitrogens with zero attached hydrogens (tertiary/aromatic N) is 3. The SMILES string of the molecule is CC(=NOCC(=O)NN=Cc1cc([N+](=O)[O-])c2ccccc2c1O)c1cccs1. The van der Waals surface area contributed by atoms with E-state index in [4.69, 9.17) is 4.84 Å². The monoisotopic (exact) mass is 412 g/mol. The number of hydrazone groups is 1. The van der Waals surface area contributed by atoms with E-state index in [0.29, 0.717) is 16.5 Å². The predicted molar refractivity (Wildman–Crippen MR) is 110 cm³/mol. The number of aromatic hydroxyl groups is 1. The Morgan fingerprint density at radius 2 is 2.07 bits per heavy atom. The molecular weight excluding hydrogens is 396 g/mol. The Balaban J connectivity index is 1.66. The fraction of sp³-hybridized carbons (Fsp3) is 0.105. The highest BCUT2D eigenvalue weighted by Crippen LogP contribution is 2.34. The predicted octanol–water partition coefficient (Wildman–Crippen LogP) is 3.41. The number of non-ortho nitro benzene ring substituents is 1. The number of carbonyl (C=O) groups is 1. The van der Waals surface area contributed by atoms with Crippen LogP contribution in [0.2, 0.25) is 0 Å². The van der Waals surface area contributed by atoms with E-state index in [2.05, 4.69) is 15.7 Å². The van der Waals surface area contributed by atoms with Crippen LogP contribution in [0, 0.1) is 10.1 Å². The molecule has 0 aliphatic carbocycles. The van der Waals surface area contributed by atoms with Crippen molar-refractivity contribution in [3.05, 3.63) is 68.4 Å². The Bertz CT molecular complexity index is 1110. The van der Waals surface area contributed by atoms with Gasteiger partial charge in [-0.05, 0) is 24.4 Å². The molecule has 0 aliphatic heterocycles. The van der Waals surface area contributed by atoms with Crippen molar-refractivity contribution in [1.29, 1.82) is 0 Å². The van der Waals surface area contributed by atoms with E-state index in [9.17, 15) is 20.0 Å². The number of carbonyl (C=O) groups excluding carboxylic acids is 1. The van der Waals surface area contributed by atoms with Gasteiger partial charge in [0, 0.05) is 17.0 Å². The van der Waals surface area contributed by atoms with Crippen LogP contribution in [0.15, 0.2) is 58.1 Å². The van der Waals surface area contributed by atoms with Crippen molar-refractivity contribution in [1.82, 2.24) is 5.43 Å². The zero-order chi connectivity index (χ0) is 20.8. The summed E-state index contributed by atoms with van der Waals surface area (Å²) in [5, 5.41) is 31.8. The number of benzene rings is 2. The van der Waals surface area contributed by atoms with Crippen LogP contribution in [0.4, 0.5) is 5.69 Å². The standard InChI is InChI=1S/C19H16N4O5S/c1-12(17-7-4-8-29-17)22-28-11-18(24)21-20-10-13-9-16(23(26)27)14-5-2-3-6-15(14)19(13)25/h2-10,25H,11H2,1H3,(H,21,24). The number of hydrogen-bond donors (Lipinski definition) is 2. The average Bonchev–Trinajstić information content (AvgIpc) is 3.24. The smallest absolute Gasteiger partial charge is 0.280 e. The third-order valence-electron chi connectivity index (χ3n) is 3.89. The largest absolute Gasteiger partial charge is 0.507 e. The number of fused-ring (bicyclic) bond motifs is 1. The first kappa shape index (κ1) is 20.0. The molecule has 0 fully saturated rings. The lowest BCUT2D eigenvalue weighted by Gasteiger charge is -2.05. The minimum Gasteiger partial charge on any atom is -0.507 e. The molecule has 29 heavy (non-hydrogen) atoms. The molecule has 1 amide bonds. The molecule has 3 rings (SSSR count). The number of phenolic OH excluding ortho intramolecular Hbond substituents is 1. The second-order valence-corrected chi connectivity index (χ2v) is 6.80. The molecule has 0 radical (unpaired) electrons. The number of oxime groups is 1. The first-order valence-electron chi connectivity index (χ1n) is 8.39. The van der Waals surface area contributed by atoms with Gasteiger partial charge in [-0.3, -0.25) is 14.9 Å². The third-order valence-corrected chi connectivity index (χ3v) is 4.87. The van der Waals surface area contributed by atoms with Gasteiger partial charge in [-0.1, -0.05) is 29.4 Å². The maximum atomic E-state index is 11.8. The maximum absolute atomic E-state index is 11.8. The van der Waals surface area contributed by atoms with Crippen LogP contribution in [0.1, 0.15) is 17.4 Å². The van der Waals surface area contributed by atoms with Crippen LogP contribution in [-0.2, 0) is 9.63 Å². The van der Waals surface area contributed by atoms with Crippen molar-refractivity contribution in [3.8, 4) is 5.75 Å². The molecule has 0 atom stereocenters. The molecule has 0 saturated carbocycles. The van der Waals surface area contributed by atoms with Crippen molar-refractivity contribution < 1.29 is 19.7 Å². The zero-order valence-electron chi connectivity index (χ0n) is 15.2. The summed E-state index contributed by atoms with van der Waals surface area (Å²) in [7, 11) is 0. The number of thiophene rings is 1. The van der Waals surface area contributed by atoms with Gasteiger partial charge in [0.05, 0.1) is 27.1 Å². The number of hydrogen-bond acceptors (Lipinski definition) is 8. The summed E-state index contributed by atoms with van der Waals surface area (Å²) in [6.07, 6.45) is 1.13. The summed E-state index contributed by atoms with van der Waals surface area (Å²) >= 11 is 1.50.